The van der Waals surface area contributed by atoms with E-state index in [1.807, 2.05) is 43.4 Å². The number of ether oxygens (including phenoxy) is 1. The van der Waals surface area contributed by atoms with Gasteiger partial charge in [0.2, 0.25) is 5.95 Å². The van der Waals surface area contributed by atoms with E-state index in [0.29, 0.717) is 12.6 Å². The van der Waals surface area contributed by atoms with E-state index in [1.165, 1.54) is 10.9 Å². The molecule has 0 N–H and O–H groups in total. The molecule has 0 amide bonds. The first-order valence-corrected chi connectivity index (χ1v) is 8.87. The molecule has 3 heterocycles. The molecule has 4 rings (SSSR count). The molecule has 1 unspecified atom stereocenters. The zero-order chi connectivity index (χ0) is 17.9. The molecule has 1 fully saturated rings. The number of rotatable bonds is 4. The Kier molecular flexibility index (Phi) is 4.77. The first-order valence-electron chi connectivity index (χ1n) is 8.87. The topological polar surface area (TPSA) is 54.4 Å². The number of aromatic nitrogens is 3. The van der Waals surface area contributed by atoms with Gasteiger partial charge in [-0.25, -0.2) is 9.97 Å². The number of fused-ring (bicyclic) bond motifs is 1. The summed E-state index contributed by atoms with van der Waals surface area (Å²) in [4.78, 5) is 17.8. The van der Waals surface area contributed by atoms with Gasteiger partial charge in [0.1, 0.15) is 6.10 Å². The van der Waals surface area contributed by atoms with E-state index in [9.17, 15) is 0 Å². The van der Waals surface area contributed by atoms with E-state index >= 15 is 0 Å². The Labute approximate surface area is 153 Å². The average Bonchev–Trinajstić information content (AvgIpc) is 2.68. The largest absolute Gasteiger partial charge is 0.369 e. The number of pyridine rings is 1. The summed E-state index contributed by atoms with van der Waals surface area (Å²) >= 11 is 0. The lowest BCUT2D eigenvalue weighted by atomic mass is 10.1. The van der Waals surface area contributed by atoms with Crippen molar-refractivity contribution in [2.45, 2.75) is 12.6 Å². The highest BCUT2D eigenvalue weighted by Gasteiger charge is 2.23. The molecule has 0 bridgehead atoms. The van der Waals surface area contributed by atoms with Gasteiger partial charge in [-0.05, 0) is 23.8 Å². The second-order valence-corrected chi connectivity index (χ2v) is 6.81. The maximum atomic E-state index is 5.97. The fraction of sp³-hybridized carbons (Fsp3) is 0.350. The molecule has 26 heavy (non-hydrogen) atoms. The minimum atomic E-state index is -0.0288. The van der Waals surface area contributed by atoms with Gasteiger partial charge in [0.05, 0.1) is 17.8 Å². The number of hydrogen-bond acceptors (Lipinski definition) is 6. The Morgan fingerprint density at radius 1 is 1.19 bits per heavy atom. The third kappa shape index (κ3) is 3.66. The number of benzene rings is 1. The number of para-hydroxylation sites is 1. The molecule has 0 aliphatic carbocycles. The molecule has 6 heteroatoms. The lowest BCUT2D eigenvalue weighted by Gasteiger charge is -2.32. The normalized spacial score (nSPS) is 18.2. The average molecular weight is 349 g/mol. The lowest BCUT2D eigenvalue weighted by molar-refractivity contribution is -0.0350. The maximum Gasteiger partial charge on any atom is 0.225 e. The summed E-state index contributed by atoms with van der Waals surface area (Å²) in [6, 6.07) is 12.4. The van der Waals surface area contributed by atoms with E-state index in [4.69, 9.17) is 4.74 Å². The molecule has 1 saturated heterocycles. The molecule has 1 atom stereocenters. The molecule has 6 nitrogen and oxygen atoms in total. The fourth-order valence-electron chi connectivity index (χ4n) is 3.24. The van der Waals surface area contributed by atoms with Gasteiger partial charge in [-0.1, -0.05) is 18.2 Å². The van der Waals surface area contributed by atoms with Crippen LogP contribution in [0.4, 0.5) is 5.95 Å². The van der Waals surface area contributed by atoms with Crippen LogP contribution in [0, 0.1) is 0 Å². The number of hydrogen-bond donors (Lipinski definition) is 0. The summed E-state index contributed by atoms with van der Waals surface area (Å²) in [7, 11) is 3.89. The van der Waals surface area contributed by atoms with Gasteiger partial charge in [0.15, 0.2) is 0 Å². The minimum Gasteiger partial charge on any atom is -0.369 e. The van der Waals surface area contributed by atoms with Crippen molar-refractivity contribution in [1.29, 1.82) is 0 Å². The summed E-state index contributed by atoms with van der Waals surface area (Å²) < 4.78 is 5.97. The van der Waals surface area contributed by atoms with Crippen LogP contribution in [0.25, 0.3) is 10.9 Å². The summed E-state index contributed by atoms with van der Waals surface area (Å²) in [5.74, 6) is 0.710. The predicted octanol–water partition coefficient (Wildman–Crippen LogP) is 2.66. The van der Waals surface area contributed by atoms with Crippen LogP contribution in [0.15, 0.2) is 48.8 Å². The Bertz CT molecular complexity index is 898. The van der Waals surface area contributed by atoms with Crippen molar-refractivity contribution in [3.05, 3.63) is 60.0 Å². The molecule has 1 aliphatic rings. The van der Waals surface area contributed by atoms with E-state index in [2.05, 4.69) is 38.1 Å². The summed E-state index contributed by atoms with van der Waals surface area (Å²) in [6.07, 6.45) is 3.74. The first-order chi connectivity index (χ1) is 12.7. The van der Waals surface area contributed by atoms with Gasteiger partial charge in [-0.2, -0.15) is 0 Å². The maximum absolute atomic E-state index is 5.97. The SMILES string of the molecule is CN(C)c1nccc(C2CN(Cc3cnc4ccccc4c3)CCO2)n1. The zero-order valence-corrected chi connectivity index (χ0v) is 15.2. The van der Waals surface area contributed by atoms with Crippen LogP contribution in [-0.4, -0.2) is 53.6 Å². The fourth-order valence-corrected chi connectivity index (χ4v) is 3.24. The van der Waals surface area contributed by atoms with Crippen molar-refractivity contribution in [3.63, 3.8) is 0 Å². The van der Waals surface area contributed by atoms with Crippen molar-refractivity contribution in [2.24, 2.45) is 0 Å². The predicted molar refractivity (Wildman–Crippen MR) is 102 cm³/mol. The van der Waals surface area contributed by atoms with Crippen molar-refractivity contribution in [2.75, 3.05) is 38.7 Å². The zero-order valence-electron chi connectivity index (χ0n) is 15.2. The summed E-state index contributed by atoms with van der Waals surface area (Å²) in [5.41, 5.74) is 3.19. The monoisotopic (exact) mass is 349 g/mol. The highest BCUT2D eigenvalue weighted by Crippen LogP contribution is 2.23. The molecule has 0 spiro atoms. The van der Waals surface area contributed by atoms with Crippen LogP contribution in [0.5, 0.6) is 0 Å². The van der Waals surface area contributed by atoms with E-state index in [1.54, 1.807) is 6.20 Å². The summed E-state index contributed by atoms with van der Waals surface area (Å²) in [6.45, 7) is 3.29. The second-order valence-electron chi connectivity index (χ2n) is 6.81. The number of anilines is 1. The minimum absolute atomic E-state index is 0.0288. The molecular weight excluding hydrogens is 326 g/mol. The van der Waals surface area contributed by atoms with Gasteiger partial charge in [-0.3, -0.25) is 9.88 Å². The van der Waals surface area contributed by atoms with Gasteiger partial charge < -0.3 is 9.64 Å². The molecule has 3 aromatic rings. The van der Waals surface area contributed by atoms with Crippen LogP contribution >= 0.6 is 0 Å². The van der Waals surface area contributed by atoms with Crippen LogP contribution in [-0.2, 0) is 11.3 Å². The van der Waals surface area contributed by atoms with Crippen molar-refractivity contribution in [3.8, 4) is 0 Å². The van der Waals surface area contributed by atoms with Crippen molar-refractivity contribution < 1.29 is 4.74 Å². The molecule has 0 saturated carbocycles. The molecule has 2 aromatic heterocycles. The Balaban J connectivity index is 1.48. The van der Waals surface area contributed by atoms with Crippen LogP contribution in [0.3, 0.4) is 0 Å². The number of nitrogens with zero attached hydrogens (tertiary/aromatic N) is 5. The molecule has 134 valence electrons. The molecular formula is C20H23N5O. The molecule has 0 radical (unpaired) electrons. The first kappa shape index (κ1) is 16.9. The Hall–Kier alpha value is -2.57. The standard InChI is InChI=1S/C20H23N5O/c1-24(2)20-21-8-7-18(23-20)19-14-25(9-10-26-19)13-15-11-16-5-3-4-6-17(16)22-12-15/h3-8,11-12,19H,9-10,13-14H2,1-2H3. The van der Waals surface area contributed by atoms with Gasteiger partial charge >= 0.3 is 0 Å². The third-order valence-electron chi connectivity index (χ3n) is 4.60. The van der Waals surface area contributed by atoms with Crippen LogP contribution in [0.1, 0.15) is 17.4 Å². The second kappa shape index (κ2) is 7.35. The van der Waals surface area contributed by atoms with Gasteiger partial charge in [0, 0.05) is 51.5 Å². The molecule has 1 aliphatic heterocycles. The quantitative estimate of drug-likeness (QED) is 0.722. The van der Waals surface area contributed by atoms with Crippen molar-refractivity contribution in [1.82, 2.24) is 19.9 Å². The van der Waals surface area contributed by atoms with Gasteiger partial charge in [0.25, 0.3) is 0 Å². The molecule has 1 aromatic carbocycles. The van der Waals surface area contributed by atoms with E-state index in [0.717, 1.165) is 30.8 Å². The van der Waals surface area contributed by atoms with Crippen molar-refractivity contribution >= 4 is 16.9 Å². The van der Waals surface area contributed by atoms with Gasteiger partial charge in [-0.15, -0.1) is 0 Å². The Morgan fingerprint density at radius 3 is 2.96 bits per heavy atom. The summed E-state index contributed by atoms with van der Waals surface area (Å²) in [5, 5.41) is 1.18. The third-order valence-corrected chi connectivity index (χ3v) is 4.60. The lowest BCUT2D eigenvalue weighted by Crippen LogP contribution is -2.38. The highest BCUT2D eigenvalue weighted by atomic mass is 16.5. The van der Waals surface area contributed by atoms with E-state index in [-0.39, 0.29) is 6.10 Å². The van der Waals surface area contributed by atoms with E-state index < -0.39 is 0 Å². The van der Waals surface area contributed by atoms with Crippen LogP contribution in [0.2, 0.25) is 0 Å². The number of morpholine rings is 1. The van der Waals surface area contributed by atoms with Crippen LogP contribution < -0.4 is 4.90 Å². The smallest absolute Gasteiger partial charge is 0.225 e. The highest BCUT2D eigenvalue weighted by molar-refractivity contribution is 5.78. The Morgan fingerprint density at radius 2 is 2.08 bits per heavy atom.